The van der Waals surface area contributed by atoms with Crippen LogP contribution in [0.15, 0.2) is 85.1 Å². The molecular formula is C29H25FN4O6. The van der Waals surface area contributed by atoms with E-state index in [0.29, 0.717) is 18.1 Å². The number of nitrogens with one attached hydrogen (secondary N) is 2. The number of hydrogen-bond donors (Lipinski definition) is 2. The minimum absolute atomic E-state index is 0.0786. The number of hydrogen-bond acceptors (Lipinski definition) is 7. The van der Waals surface area contributed by atoms with Crippen LogP contribution in [0.1, 0.15) is 13.3 Å². The first-order chi connectivity index (χ1) is 19.4. The highest BCUT2D eigenvalue weighted by molar-refractivity contribution is 6.21. The van der Waals surface area contributed by atoms with Gasteiger partial charge in [0.1, 0.15) is 23.1 Å². The molecule has 0 spiro atoms. The number of amides is 4. The molecule has 1 saturated heterocycles. The van der Waals surface area contributed by atoms with Crippen LogP contribution in [-0.2, 0) is 14.3 Å². The third-order valence-electron chi connectivity index (χ3n) is 6.17. The largest absolute Gasteiger partial charge is 0.467 e. The molecule has 10 nitrogen and oxygen atoms in total. The summed E-state index contributed by atoms with van der Waals surface area (Å²) >= 11 is 0. The van der Waals surface area contributed by atoms with Gasteiger partial charge in [-0.3, -0.25) is 20.2 Å². The van der Waals surface area contributed by atoms with Crippen LogP contribution in [0.25, 0.3) is 16.9 Å². The van der Waals surface area contributed by atoms with Crippen molar-refractivity contribution in [3.63, 3.8) is 0 Å². The van der Waals surface area contributed by atoms with Crippen molar-refractivity contribution in [1.82, 2.24) is 20.4 Å². The Labute approximate surface area is 228 Å². The van der Waals surface area contributed by atoms with E-state index in [0.717, 1.165) is 16.9 Å². The van der Waals surface area contributed by atoms with Gasteiger partial charge in [-0.2, -0.15) is 5.10 Å². The van der Waals surface area contributed by atoms with Crippen molar-refractivity contribution in [1.29, 1.82) is 0 Å². The topological polar surface area (TPSA) is 121 Å². The number of aromatic nitrogens is 2. The zero-order valence-electron chi connectivity index (χ0n) is 21.4. The molecule has 11 heteroatoms. The third kappa shape index (κ3) is 5.69. The molecule has 3 aromatic carbocycles. The number of carbonyl (C=O) groups excluding carboxylic acids is 3. The summed E-state index contributed by atoms with van der Waals surface area (Å²) in [5.41, 5.74) is 0.411. The van der Waals surface area contributed by atoms with Crippen molar-refractivity contribution >= 4 is 17.8 Å². The molecule has 5 rings (SSSR count). The van der Waals surface area contributed by atoms with Crippen molar-refractivity contribution in [2.75, 3.05) is 13.2 Å². The van der Waals surface area contributed by atoms with Crippen molar-refractivity contribution in [2.45, 2.75) is 18.9 Å². The summed E-state index contributed by atoms with van der Waals surface area (Å²) in [7, 11) is 0. The number of rotatable bonds is 10. The monoisotopic (exact) mass is 544 g/mol. The normalized spacial score (nSPS) is 14.4. The van der Waals surface area contributed by atoms with Gasteiger partial charge in [-0.15, -0.1) is 0 Å². The summed E-state index contributed by atoms with van der Waals surface area (Å²) in [5.74, 6) is -0.717. The molecule has 2 heterocycles. The van der Waals surface area contributed by atoms with Crippen LogP contribution in [0, 0.1) is 5.82 Å². The van der Waals surface area contributed by atoms with E-state index in [1.165, 1.54) is 12.1 Å². The van der Waals surface area contributed by atoms with E-state index < -0.39 is 23.4 Å². The summed E-state index contributed by atoms with van der Waals surface area (Å²) in [6.07, 6.45) is 1.72. The van der Waals surface area contributed by atoms with Crippen molar-refractivity contribution < 1.29 is 33.0 Å². The lowest BCUT2D eigenvalue weighted by atomic mass is 9.95. The Balaban J connectivity index is 1.25. The molecule has 0 unspecified atom stereocenters. The van der Waals surface area contributed by atoms with E-state index in [9.17, 15) is 18.8 Å². The fraction of sp³-hybridized carbons (Fsp3) is 0.172. The van der Waals surface area contributed by atoms with Gasteiger partial charge in [0.05, 0.1) is 18.0 Å². The zero-order valence-corrected chi connectivity index (χ0v) is 21.4. The van der Waals surface area contributed by atoms with Gasteiger partial charge in [-0.1, -0.05) is 0 Å². The van der Waals surface area contributed by atoms with Gasteiger partial charge < -0.3 is 14.2 Å². The molecular weight excluding hydrogens is 519 g/mol. The van der Waals surface area contributed by atoms with E-state index in [1.54, 1.807) is 66.3 Å². The van der Waals surface area contributed by atoms with Gasteiger partial charge in [0, 0.05) is 24.8 Å². The van der Waals surface area contributed by atoms with E-state index in [2.05, 4.69) is 15.7 Å². The maximum atomic E-state index is 13.2. The average Bonchev–Trinajstić information content (AvgIpc) is 3.44. The van der Waals surface area contributed by atoms with E-state index in [-0.39, 0.29) is 24.6 Å². The SMILES string of the molecule is CCOCCC1(Oc2ccc(Oc3ccc(-c4ccn(-c5ccc(F)cc5)n4)cc3)cc2)C(=O)NC(=O)NC1=O. The summed E-state index contributed by atoms with van der Waals surface area (Å²) < 4.78 is 31.9. The molecule has 204 valence electrons. The fourth-order valence-corrected chi connectivity index (χ4v) is 4.10. The zero-order chi connectivity index (χ0) is 28.1. The second kappa shape index (κ2) is 11.4. The average molecular weight is 545 g/mol. The minimum atomic E-state index is -1.95. The maximum Gasteiger partial charge on any atom is 0.328 e. The standard InChI is InChI=1S/C29H25FN4O6/c1-2-38-18-16-29(26(35)31-28(37)32-27(29)36)40-24-13-11-23(12-14-24)39-22-9-3-19(4-10-22)25-15-17-34(33-25)21-7-5-20(30)6-8-21/h3-15,17H,2,16,18H2,1H3,(H2,31,32,35,36,37). The Morgan fingerprint density at radius 1 is 0.825 bits per heavy atom. The molecule has 4 aromatic rings. The van der Waals surface area contributed by atoms with Crippen LogP contribution in [0.3, 0.4) is 0 Å². The first kappa shape index (κ1) is 26.6. The lowest BCUT2D eigenvalue weighted by Gasteiger charge is -2.34. The second-order valence-electron chi connectivity index (χ2n) is 8.83. The smallest absolute Gasteiger partial charge is 0.328 e. The molecule has 1 fully saturated rings. The van der Waals surface area contributed by atoms with E-state index >= 15 is 0 Å². The van der Waals surface area contributed by atoms with Crippen LogP contribution >= 0.6 is 0 Å². The lowest BCUT2D eigenvalue weighted by molar-refractivity contribution is -0.153. The highest BCUT2D eigenvalue weighted by atomic mass is 19.1. The van der Waals surface area contributed by atoms with Gasteiger partial charge in [0.15, 0.2) is 0 Å². The van der Waals surface area contributed by atoms with Crippen molar-refractivity contribution in [3.8, 4) is 34.2 Å². The van der Waals surface area contributed by atoms with E-state index in [1.807, 2.05) is 18.2 Å². The van der Waals surface area contributed by atoms with Gasteiger partial charge in [0.2, 0.25) is 0 Å². The van der Waals surface area contributed by atoms with Crippen LogP contribution in [0.4, 0.5) is 9.18 Å². The maximum absolute atomic E-state index is 13.2. The molecule has 2 N–H and O–H groups in total. The molecule has 0 bridgehead atoms. The number of ether oxygens (including phenoxy) is 3. The molecule has 4 amide bonds. The number of urea groups is 1. The summed E-state index contributed by atoms with van der Waals surface area (Å²) in [6.45, 7) is 2.26. The van der Waals surface area contributed by atoms with Gasteiger partial charge in [-0.25, -0.2) is 13.9 Å². The molecule has 0 saturated carbocycles. The molecule has 0 aliphatic carbocycles. The third-order valence-corrected chi connectivity index (χ3v) is 6.17. The number of nitrogens with zero attached hydrogens (tertiary/aromatic N) is 2. The predicted molar refractivity (Wildman–Crippen MR) is 142 cm³/mol. The van der Waals surface area contributed by atoms with E-state index in [4.69, 9.17) is 14.2 Å². The van der Waals surface area contributed by atoms with Gasteiger partial charge in [-0.05, 0) is 85.8 Å². The Kier molecular flexibility index (Phi) is 7.56. The number of imide groups is 2. The predicted octanol–water partition coefficient (Wildman–Crippen LogP) is 4.38. The highest BCUT2D eigenvalue weighted by Crippen LogP contribution is 2.29. The van der Waals surface area contributed by atoms with Gasteiger partial charge >= 0.3 is 6.03 Å². The molecule has 40 heavy (non-hydrogen) atoms. The summed E-state index contributed by atoms with van der Waals surface area (Å²) in [4.78, 5) is 36.8. The fourth-order valence-electron chi connectivity index (χ4n) is 4.10. The van der Waals surface area contributed by atoms with Gasteiger partial charge in [0.25, 0.3) is 17.4 Å². The Bertz CT molecular complexity index is 1500. The minimum Gasteiger partial charge on any atom is -0.467 e. The molecule has 1 aliphatic heterocycles. The Morgan fingerprint density at radius 2 is 1.43 bits per heavy atom. The van der Waals surface area contributed by atoms with Crippen molar-refractivity contribution in [2.24, 2.45) is 0 Å². The lowest BCUT2D eigenvalue weighted by Crippen LogP contribution is -2.69. The first-order valence-corrected chi connectivity index (χ1v) is 12.5. The highest BCUT2D eigenvalue weighted by Gasteiger charge is 2.52. The molecule has 1 aromatic heterocycles. The van der Waals surface area contributed by atoms with Crippen LogP contribution < -0.4 is 20.1 Å². The van der Waals surface area contributed by atoms with Crippen LogP contribution in [0.2, 0.25) is 0 Å². The second-order valence-corrected chi connectivity index (χ2v) is 8.83. The number of halogens is 1. The Morgan fingerprint density at radius 3 is 2.05 bits per heavy atom. The Hall–Kier alpha value is -5.03. The molecule has 1 aliphatic rings. The summed E-state index contributed by atoms with van der Waals surface area (Å²) in [6, 6.07) is 20.8. The number of carbonyl (C=O) groups is 3. The summed E-state index contributed by atoms with van der Waals surface area (Å²) in [5, 5.41) is 8.72. The number of benzene rings is 3. The van der Waals surface area contributed by atoms with Crippen LogP contribution in [0.5, 0.6) is 17.2 Å². The quantitative estimate of drug-likeness (QED) is 0.225. The van der Waals surface area contributed by atoms with Crippen molar-refractivity contribution in [3.05, 3.63) is 90.9 Å². The first-order valence-electron chi connectivity index (χ1n) is 12.5. The van der Waals surface area contributed by atoms with Crippen LogP contribution in [-0.4, -0.2) is 46.4 Å². The molecule has 0 atom stereocenters. The molecule has 0 radical (unpaired) electrons. The number of barbiturate groups is 1.